The molecule has 0 bridgehead atoms. The molecule has 1 atom stereocenters. The molecule has 1 unspecified atom stereocenters. The molecule has 0 radical (unpaired) electrons. The molecule has 6 heteroatoms. The van der Waals surface area contributed by atoms with Gasteiger partial charge in [0.1, 0.15) is 4.60 Å². The molecule has 1 aromatic rings. The first-order valence-electron chi connectivity index (χ1n) is 6.22. The summed E-state index contributed by atoms with van der Waals surface area (Å²) in [5, 5.41) is 8.92. The Morgan fingerprint density at radius 1 is 1.47 bits per heavy atom. The molecule has 1 saturated heterocycles. The van der Waals surface area contributed by atoms with Gasteiger partial charge in [-0.1, -0.05) is 0 Å². The van der Waals surface area contributed by atoms with Crippen molar-refractivity contribution in [2.24, 2.45) is 0 Å². The van der Waals surface area contributed by atoms with Crippen molar-refractivity contribution in [3.8, 4) is 0 Å². The Morgan fingerprint density at radius 3 is 2.95 bits per heavy atom. The molecule has 1 amide bonds. The predicted octanol–water partition coefficient (Wildman–Crippen LogP) is 2.31. The predicted molar refractivity (Wildman–Crippen MR) is 72.9 cm³/mol. The van der Waals surface area contributed by atoms with Crippen molar-refractivity contribution >= 4 is 27.8 Å². The number of aromatic nitrogens is 1. The van der Waals surface area contributed by atoms with E-state index in [4.69, 9.17) is 5.11 Å². The zero-order chi connectivity index (χ0) is 13.8. The maximum Gasteiger partial charge on any atom is 0.305 e. The van der Waals surface area contributed by atoms with Gasteiger partial charge in [0.2, 0.25) is 0 Å². The molecule has 5 nitrogen and oxygen atoms in total. The Kier molecular flexibility index (Phi) is 4.52. The quantitative estimate of drug-likeness (QED) is 0.865. The molecule has 0 aromatic carbocycles. The highest BCUT2D eigenvalue weighted by Crippen LogP contribution is 2.22. The minimum Gasteiger partial charge on any atom is -0.481 e. The number of carbonyl (C=O) groups excluding carboxylic acids is 1. The first kappa shape index (κ1) is 14.0. The summed E-state index contributed by atoms with van der Waals surface area (Å²) in [6, 6.07) is 3.11. The van der Waals surface area contributed by atoms with Crippen LogP contribution in [-0.2, 0) is 4.79 Å². The lowest BCUT2D eigenvalue weighted by molar-refractivity contribution is -0.138. The number of hydrogen-bond donors (Lipinski definition) is 1. The van der Waals surface area contributed by atoms with E-state index >= 15 is 0 Å². The fourth-order valence-corrected chi connectivity index (χ4v) is 2.75. The van der Waals surface area contributed by atoms with Gasteiger partial charge in [-0.2, -0.15) is 0 Å². The van der Waals surface area contributed by atoms with Crippen molar-refractivity contribution < 1.29 is 14.7 Å². The molecule has 1 aliphatic heterocycles. The number of carboxylic acid groups (broad SMARTS) is 1. The molecule has 2 rings (SSSR count). The summed E-state index contributed by atoms with van der Waals surface area (Å²) >= 11 is 3.23. The monoisotopic (exact) mass is 326 g/mol. The third-order valence-electron chi connectivity index (χ3n) is 3.27. The van der Waals surface area contributed by atoms with E-state index in [0.717, 1.165) is 19.3 Å². The Morgan fingerprint density at radius 2 is 2.26 bits per heavy atom. The smallest absolute Gasteiger partial charge is 0.305 e. The number of rotatable bonds is 3. The fourth-order valence-electron chi connectivity index (χ4n) is 2.38. The molecular weight excluding hydrogens is 312 g/mol. The summed E-state index contributed by atoms with van der Waals surface area (Å²) in [4.78, 5) is 29.0. The van der Waals surface area contributed by atoms with Crippen LogP contribution in [0.1, 0.15) is 36.0 Å². The van der Waals surface area contributed by atoms with Gasteiger partial charge in [0, 0.05) is 24.3 Å². The third-order valence-corrected chi connectivity index (χ3v) is 3.71. The molecule has 2 heterocycles. The number of piperidine rings is 1. The standard InChI is InChI=1S/C13H15BrN2O3/c14-11-7-9(4-5-15-11)13(19)16-6-2-1-3-10(16)8-12(17)18/h4-5,7,10H,1-3,6,8H2,(H,17,18). The summed E-state index contributed by atoms with van der Waals surface area (Å²) in [7, 11) is 0. The van der Waals surface area contributed by atoms with Crippen LogP contribution < -0.4 is 0 Å². The minimum absolute atomic E-state index is 0.0119. The Bertz CT molecular complexity index is 493. The van der Waals surface area contributed by atoms with Crippen molar-refractivity contribution in [3.63, 3.8) is 0 Å². The number of likely N-dealkylation sites (tertiary alicyclic amines) is 1. The van der Waals surface area contributed by atoms with Crippen LogP contribution in [-0.4, -0.2) is 39.5 Å². The second kappa shape index (κ2) is 6.14. The number of carboxylic acids is 1. The average molecular weight is 327 g/mol. The van der Waals surface area contributed by atoms with Crippen LogP contribution in [0, 0.1) is 0 Å². The summed E-state index contributed by atoms with van der Waals surface area (Å²) in [5.41, 5.74) is 0.541. The first-order valence-corrected chi connectivity index (χ1v) is 7.01. The van der Waals surface area contributed by atoms with Crippen molar-refractivity contribution in [3.05, 3.63) is 28.5 Å². The zero-order valence-electron chi connectivity index (χ0n) is 10.4. The number of pyridine rings is 1. The van der Waals surface area contributed by atoms with E-state index in [1.807, 2.05) is 0 Å². The second-order valence-corrected chi connectivity index (χ2v) is 5.43. The SMILES string of the molecule is O=C(O)CC1CCCCN1C(=O)c1ccnc(Br)c1. The van der Waals surface area contributed by atoms with Gasteiger partial charge in [-0.05, 0) is 47.3 Å². The van der Waals surface area contributed by atoms with Crippen LogP contribution in [0.2, 0.25) is 0 Å². The van der Waals surface area contributed by atoms with Crippen LogP contribution in [0.5, 0.6) is 0 Å². The highest BCUT2D eigenvalue weighted by atomic mass is 79.9. The lowest BCUT2D eigenvalue weighted by Crippen LogP contribution is -2.44. The molecule has 19 heavy (non-hydrogen) atoms. The Hall–Kier alpha value is -1.43. The lowest BCUT2D eigenvalue weighted by Gasteiger charge is -2.35. The number of aliphatic carboxylic acids is 1. The van der Waals surface area contributed by atoms with E-state index in [0.29, 0.717) is 16.7 Å². The average Bonchev–Trinajstić information content (AvgIpc) is 2.38. The van der Waals surface area contributed by atoms with Crippen LogP contribution >= 0.6 is 15.9 Å². The number of carbonyl (C=O) groups is 2. The third kappa shape index (κ3) is 3.53. The molecule has 0 saturated carbocycles. The van der Waals surface area contributed by atoms with Crippen LogP contribution in [0.3, 0.4) is 0 Å². The van der Waals surface area contributed by atoms with Crippen LogP contribution in [0.15, 0.2) is 22.9 Å². The van der Waals surface area contributed by atoms with E-state index in [2.05, 4.69) is 20.9 Å². The second-order valence-electron chi connectivity index (χ2n) is 4.61. The van der Waals surface area contributed by atoms with Crippen molar-refractivity contribution in [2.75, 3.05) is 6.54 Å². The van der Waals surface area contributed by atoms with Gasteiger partial charge in [0.05, 0.1) is 6.42 Å². The van der Waals surface area contributed by atoms with Gasteiger partial charge in [-0.15, -0.1) is 0 Å². The Balaban J connectivity index is 2.17. The molecule has 1 fully saturated rings. The van der Waals surface area contributed by atoms with Gasteiger partial charge < -0.3 is 10.0 Å². The topological polar surface area (TPSA) is 70.5 Å². The van der Waals surface area contributed by atoms with E-state index in [1.165, 1.54) is 0 Å². The fraction of sp³-hybridized carbons (Fsp3) is 0.462. The van der Waals surface area contributed by atoms with Gasteiger partial charge in [0.25, 0.3) is 5.91 Å². The molecule has 0 spiro atoms. The molecule has 102 valence electrons. The van der Waals surface area contributed by atoms with Gasteiger partial charge in [-0.25, -0.2) is 4.98 Å². The highest BCUT2D eigenvalue weighted by molar-refractivity contribution is 9.10. The van der Waals surface area contributed by atoms with Gasteiger partial charge in [-0.3, -0.25) is 9.59 Å². The Labute approximate surface area is 119 Å². The molecular formula is C13H15BrN2O3. The van der Waals surface area contributed by atoms with Crippen molar-refractivity contribution in [2.45, 2.75) is 31.7 Å². The number of nitrogens with zero attached hydrogens (tertiary/aromatic N) is 2. The van der Waals surface area contributed by atoms with E-state index < -0.39 is 5.97 Å². The van der Waals surface area contributed by atoms with E-state index in [1.54, 1.807) is 23.2 Å². The molecule has 1 N–H and O–H groups in total. The summed E-state index contributed by atoms with van der Waals surface area (Å²) in [6.45, 7) is 0.622. The summed E-state index contributed by atoms with van der Waals surface area (Å²) in [6.07, 6.45) is 4.23. The largest absolute Gasteiger partial charge is 0.481 e. The normalized spacial score (nSPS) is 19.2. The lowest BCUT2D eigenvalue weighted by atomic mass is 9.98. The highest BCUT2D eigenvalue weighted by Gasteiger charge is 2.29. The van der Waals surface area contributed by atoms with E-state index in [9.17, 15) is 9.59 Å². The van der Waals surface area contributed by atoms with Crippen LogP contribution in [0.4, 0.5) is 0 Å². The van der Waals surface area contributed by atoms with Crippen LogP contribution in [0.25, 0.3) is 0 Å². The maximum absolute atomic E-state index is 12.4. The number of hydrogen-bond acceptors (Lipinski definition) is 3. The molecule has 1 aliphatic rings. The van der Waals surface area contributed by atoms with Gasteiger partial charge >= 0.3 is 5.97 Å². The zero-order valence-corrected chi connectivity index (χ0v) is 12.0. The molecule has 1 aromatic heterocycles. The van der Waals surface area contributed by atoms with E-state index in [-0.39, 0.29) is 18.4 Å². The summed E-state index contributed by atoms with van der Waals surface area (Å²) in [5.74, 6) is -0.977. The number of halogens is 1. The molecule has 0 aliphatic carbocycles. The van der Waals surface area contributed by atoms with Crippen molar-refractivity contribution in [1.82, 2.24) is 9.88 Å². The number of amides is 1. The van der Waals surface area contributed by atoms with Gasteiger partial charge in [0.15, 0.2) is 0 Å². The van der Waals surface area contributed by atoms with Crippen molar-refractivity contribution in [1.29, 1.82) is 0 Å². The summed E-state index contributed by atoms with van der Waals surface area (Å²) < 4.78 is 0.602. The minimum atomic E-state index is -0.861. The first-order chi connectivity index (χ1) is 9.08. The maximum atomic E-state index is 12.4.